The third-order valence-electron chi connectivity index (χ3n) is 6.29. The fourth-order valence-electron chi connectivity index (χ4n) is 5.01. The summed E-state index contributed by atoms with van der Waals surface area (Å²) < 4.78 is 0. The van der Waals surface area contributed by atoms with Crippen LogP contribution in [-0.4, -0.2) is 66.0 Å². The zero-order valence-corrected chi connectivity index (χ0v) is 22.1. The average molecular weight is 477 g/mol. The molecule has 188 valence electrons. The predicted molar refractivity (Wildman–Crippen MR) is 140 cm³/mol. The van der Waals surface area contributed by atoms with Gasteiger partial charge in [-0.25, -0.2) is 0 Å². The lowest BCUT2D eigenvalue weighted by molar-refractivity contribution is -0.0654. The second kappa shape index (κ2) is 10.4. The summed E-state index contributed by atoms with van der Waals surface area (Å²) in [6.45, 7) is 19.6. The summed E-state index contributed by atoms with van der Waals surface area (Å²) in [7, 11) is 0. The number of hydrogen-bond donors (Lipinski definition) is 0. The average Bonchev–Trinajstić information content (AvgIpc) is 2.76. The maximum Gasteiger partial charge on any atom is 0.0907 e. The van der Waals surface area contributed by atoms with Gasteiger partial charge in [-0.05, 0) is 48.9 Å². The molecule has 2 aromatic carbocycles. The first-order valence-corrected chi connectivity index (χ1v) is 12.5. The quantitative estimate of drug-likeness (QED) is 0.468. The van der Waals surface area contributed by atoms with Crippen LogP contribution in [0.1, 0.15) is 38.8 Å². The van der Waals surface area contributed by atoms with E-state index in [4.69, 9.17) is 0 Å². The zero-order valence-electron chi connectivity index (χ0n) is 22.1. The lowest BCUT2D eigenvalue weighted by Gasteiger charge is -2.47. The van der Waals surface area contributed by atoms with Crippen LogP contribution in [0.15, 0.2) is 69.2 Å². The van der Waals surface area contributed by atoms with Crippen molar-refractivity contribution in [2.24, 2.45) is 31.5 Å². The zero-order chi connectivity index (χ0) is 25.1. The molecule has 35 heavy (non-hydrogen) atoms. The minimum Gasteiger partial charge on any atom is -0.271 e. The summed E-state index contributed by atoms with van der Waals surface area (Å²) in [5.74, 6) is 0. The van der Waals surface area contributed by atoms with E-state index in [2.05, 4.69) is 106 Å². The van der Waals surface area contributed by atoms with Gasteiger partial charge in [-0.3, -0.25) is 19.8 Å². The van der Waals surface area contributed by atoms with Crippen molar-refractivity contribution in [1.29, 1.82) is 0 Å². The molecule has 0 spiro atoms. The molecule has 0 unspecified atom stereocenters. The summed E-state index contributed by atoms with van der Waals surface area (Å²) >= 11 is 0. The molecule has 8 heteroatoms. The lowest BCUT2D eigenvalue weighted by atomic mass is 9.90. The maximum atomic E-state index is 4.59. The Morgan fingerprint density at radius 2 is 0.971 bits per heavy atom. The van der Waals surface area contributed by atoms with Crippen LogP contribution < -0.4 is 0 Å². The van der Waals surface area contributed by atoms with Gasteiger partial charge in [0.25, 0.3) is 0 Å². The molecule has 0 N–H and O–H groups in total. The molecule has 0 aliphatic carbocycles. The minimum absolute atomic E-state index is 0.126. The summed E-state index contributed by atoms with van der Waals surface area (Å²) in [4.78, 5) is 4.93. The number of rotatable bonds is 6. The van der Waals surface area contributed by atoms with Crippen molar-refractivity contribution in [3.05, 3.63) is 59.7 Å². The number of nitrogens with zero attached hydrogens (tertiary/aromatic N) is 8. The molecule has 8 nitrogen and oxygen atoms in total. The van der Waals surface area contributed by atoms with Crippen LogP contribution in [0.25, 0.3) is 0 Å². The molecular weight excluding hydrogens is 436 g/mol. The highest BCUT2D eigenvalue weighted by Crippen LogP contribution is 2.29. The van der Waals surface area contributed by atoms with Crippen LogP contribution in [0.3, 0.4) is 0 Å². The molecule has 4 rings (SSSR count). The van der Waals surface area contributed by atoms with Gasteiger partial charge in [0, 0.05) is 26.2 Å². The summed E-state index contributed by atoms with van der Waals surface area (Å²) in [5.41, 5.74) is 4.48. The van der Waals surface area contributed by atoms with Crippen molar-refractivity contribution in [2.75, 3.05) is 46.2 Å². The first-order valence-electron chi connectivity index (χ1n) is 12.5. The molecular formula is C27H40N8. The molecule has 2 heterocycles. The predicted octanol–water partition coefficient (Wildman–Crippen LogP) is 6.16. The normalized spacial score (nSPS) is 21.3. The van der Waals surface area contributed by atoms with Crippen LogP contribution in [0.2, 0.25) is 0 Å². The van der Waals surface area contributed by atoms with E-state index in [1.807, 2.05) is 24.3 Å². The Labute approximate surface area is 210 Å². The Balaban J connectivity index is 1.40. The Bertz CT molecular complexity index is 943. The minimum atomic E-state index is 0.126. The van der Waals surface area contributed by atoms with Crippen molar-refractivity contribution in [1.82, 2.24) is 19.8 Å². The Morgan fingerprint density at radius 1 is 0.600 bits per heavy atom. The summed E-state index contributed by atoms with van der Waals surface area (Å²) in [6.07, 6.45) is 0. The van der Waals surface area contributed by atoms with Gasteiger partial charge in [0.05, 0.1) is 31.4 Å². The van der Waals surface area contributed by atoms with Crippen molar-refractivity contribution in [2.45, 2.75) is 41.5 Å². The van der Waals surface area contributed by atoms with Gasteiger partial charge in [0.1, 0.15) is 0 Å². The molecule has 0 atom stereocenters. The van der Waals surface area contributed by atoms with Gasteiger partial charge in [-0.15, -0.1) is 10.2 Å². The fourth-order valence-corrected chi connectivity index (χ4v) is 5.01. The van der Waals surface area contributed by atoms with Crippen LogP contribution in [0.4, 0.5) is 11.4 Å². The van der Waals surface area contributed by atoms with Crippen molar-refractivity contribution >= 4 is 11.4 Å². The summed E-state index contributed by atoms with van der Waals surface area (Å²) in [6, 6.07) is 16.3. The highest BCUT2D eigenvalue weighted by atomic mass is 15.6. The third-order valence-corrected chi connectivity index (χ3v) is 6.29. The summed E-state index contributed by atoms with van der Waals surface area (Å²) in [5, 5.41) is 22.3. The molecule has 2 aliphatic rings. The molecule has 0 amide bonds. The lowest BCUT2D eigenvalue weighted by Crippen LogP contribution is -2.58. The molecule has 2 saturated heterocycles. The molecule has 2 aromatic rings. The smallest absolute Gasteiger partial charge is 0.0907 e. The highest BCUT2D eigenvalue weighted by molar-refractivity contribution is 5.38. The topological polar surface area (TPSA) is 62.4 Å². The first-order chi connectivity index (χ1) is 16.6. The SMILES string of the molecule is Cc1ccc(N=NN2CN(CN3CN(N=Nc4ccc(C)cc4)CC(C)(C)C3)CC(C)(C)C2)cc1. The number of aryl methyl sites for hydroxylation is 2. The monoisotopic (exact) mass is 476 g/mol. The van der Waals surface area contributed by atoms with Gasteiger partial charge in [0.2, 0.25) is 0 Å². The Morgan fingerprint density at radius 3 is 1.34 bits per heavy atom. The van der Waals surface area contributed by atoms with E-state index in [0.29, 0.717) is 0 Å². The van der Waals surface area contributed by atoms with Gasteiger partial charge < -0.3 is 0 Å². The van der Waals surface area contributed by atoms with E-state index in [-0.39, 0.29) is 10.8 Å². The second-order valence-corrected chi connectivity index (χ2v) is 11.8. The van der Waals surface area contributed by atoms with Crippen LogP contribution in [0, 0.1) is 24.7 Å². The Kier molecular flexibility index (Phi) is 7.52. The van der Waals surface area contributed by atoms with E-state index >= 15 is 0 Å². The second-order valence-electron chi connectivity index (χ2n) is 11.8. The Hall–Kier alpha value is -2.84. The van der Waals surface area contributed by atoms with E-state index in [1.54, 1.807) is 0 Å². The molecule has 0 radical (unpaired) electrons. The number of benzene rings is 2. The first kappa shape index (κ1) is 25.3. The molecule has 0 aromatic heterocycles. The highest BCUT2D eigenvalue weighted by Gasteiger charge is 2.35. The largest absolute Gasteiger partial charge is 0.271 e. The van der Waals surface area contributed by atoms with Crippen molar-refractivity contribution in [3.63, 3.8) is 0 Å². The fraction of sp³-hybridized carbons (Fsp3) is 0.556. The number of hydrogen-bond acceptors (Lipinski definition) is 6. The van der Waals surface area contributed by atoms with Gasteiger partial charge in [0.15, 0.2) is 0 Å². The van der Waals surface area contributed by atoms with Crippen molar-refractivity contribution in [3.8, 4) is 0 Å². The van der Waals surface area contributed by atoms with E-state index in [1.165, 1.54) is 11.1 Å². The van der Waals surface area contributed by atoms with E-state index in [0.717, 1.165) is 57.6 Å². The maximum absolute atomic E-state index is 4.59. The van der Waals surface area contributed by atoms with Crippen LogP contribution >= 0.6 is 0 Å². The third kappa shape index (κ3) is 7.57. The molecule has 0 bridgehead atoms. The van der Waals surface area contributed by atoms with Crippen LogP contribution in [-0.2, 0) is 0 Å². The van der Waals surface area contributed by atoms with Gasteiger partial charge >= 0.3 is 0 Å². The van der Waals surface area contributed by atoms with E-state index < -0.39 is 0 Å². The molecule has 0 saturated carbocycles. The molecule has 2 aliphatic heterocycles. The molecule has 2 fully saturated rings. The van der Waals surface area contributed by atoms with Gasteiger partial charge in [-0.2, -0.15) is 0 Å². The van der Waals surface area contributed by atoms with E-state index in [9.17, 15) is 0 Å². The van der Waals surface area contributed by atoms with Crippen molar-refractivity contribution < 1.29 is 0 Å². The van der Waals surface area contributed by atoms with Gasteiger partial charge in [-0.1, -0.05) is 73.5 Å². The van der Waals surface area contributed by atoms with Crippen LogP contribution in [0.5, 0.6) is 0 Å². The standard InChI is InChI=1S/C27H40N8/c1-22-7-11-24(12-8-22)28-30-34-17-26(3,4)15-32(20-34)19-33-16-27(5,6)18-35(21-33)31-29-25-13-9-23(2)10-14-25/h7-14H,15-21H2,1-6H3.